The van der Waals surface area contributed by atoms with Gasteiger partial charge in [0.1, 0.15) is 19.3 Å². The highest BCUT2D eigenvalue weighted by Gasteiger charge is 2.30. The molecule has 0 radical (unpaired) electrons. The number of ether oxygens (including phenoxy) is 4. The lowest BCUT2D eigenvalue weighted by Gasteiger charge is -2.21. The second kappa shape index (κ2) is 81.7. The van der Waals surface area contributed by atoms with E-state index in [0.717, 1.165) is 212 Å². The van der Waals surface area contributed by atoms with E-state index in [1.165, 1.54) is 38.5 Å². The van der Waals surface area contributed by atoms with Crippen molar-refractivity contribution in [2.75, 3.05) is 39.6 Å². The number of allylic oxidation sites excluding steroid dienone is 26. The molecule has 628 valence electrons. The van der Waals surface area contributed by atoms with Gasteiger partial charge in [-0.3, -0.25) is 37.3 Å². The molecule has 0 aromatic carbocycles. The number of rotatable bonds is 79. The highest BCUT2D eigenvalue weighted by Crippen LogP contribution is 2.45. The third-order valence-corrected chi connectivity index (χ3v) is 19.4. The standard InChI is InChI=1S/C91H152O17P2/c1-5-9-13-17-21-25-29-33-37-40-42-45-49-52-56-60-64-68-72-76-89(94)102-82-87(108-91(96)78-74-70-66-62-58-54-50-46-43-41-38-34-30-26-22-18-14-10-6-2)84-106-110(99,100)104-80-85(92)79-103-109(97,98)105-83-86(107-90(95)77-73-69-65-61-57-53-47-36-32-28-24-20-16-12-8-4)81-101-88(93)75-71-67-63-59-55-51-48-44-39-35-31-27-23-19-15-11-7-3/h11-12,15-16,21-28,33-39,42-43,45-47,57,61,85-87,92H,5-10,13-14,17-20,29-32,40-41,44,48-56,58-60,62-84H2,1-4H3,(H,97,98)(H,99,100)/b15-11-,16-12-,25-21-,26-22-,27-23-,28-24-,37-33-,38-34-,39-35-,45-42-,46-43-,47-36-,61-57-. The molecule has 0 aromatic rings. The van der Waals surface area contributed by atoms with Gasteiger partial charge in [-0.2, -0.15) is 0 Å². The molecule has 0 heterocycles. The van der Waals surface area contributed by atoms with Gasteiger partial charge in [-0.25, -0.2) is 9.13 Å². The third kappa shape index (κ3) is 80.7. The fourth-order valence-corrected chi connectivity index (χ4v) is 12.6. The minimum Gasteiger partial charge on any atom is -0.462 e. The van der Waals surface area contributed by atoms with Crippen LogP contribution in [0.4, 0.5) is 0 Å². The molecule has 0 fully saturated rings. The number of hydrogen-bond acceptors (Lipinski definition) is 15. The van der Waals surface area contributed by atoms with Crippen molar-refractivity contribution in [3.8, 4) is 0 Å². The quantitative estimate of drug-likeness (QED) is 0.0169. The maximum atomic E-state index is 13.2. The van der Waals surface area contributed by atoms with Gasteiger partial charge in [0.15, 0.2) is 12.2 Å². The first-order valence-electron chi connectivity index (χ1n) is 42.7. The molecule has 17 nitrogen and oxygen atoms in total. The summed E-state index contributed by atoms with van der Waals surface area (Å²) >= 11 is 0. The van der Waals surface area contributed by atoms with Crippen molar-refractivity contribution in [2.45, 2.75) is 354 Å². The fourth-order valence-electron chi connectivity index (χ4n) is 11.0. The minimum atomic E-state index is -5.00. The SMILES string of the molecule is CC/C=C\C/C=C\C/C=C\C/C=C\CCCCC(=O)OC(COC(=O)CCCCCCCCC/C=C\C/C=C\C/C=C\CC)COP(=O)(O)OCC(O)COP(=O)(O)OCC(COC(=O)CCCCCCCC/C=C\C/C=C\C/C=C\CCCCC)OC(=O)CCCCCCCC/C=C\C/C=C\C/C=C\CCCCC. The molecule has 0 aliphatic carbocycles. The van der Waals surface area contributed by atoms with Gasteiger partial charge < -0.3 is 33.8 Å². The Balaban J connectivity index is 5.45. The van der Waals surface area contributed by atoms with Gasteiger partial charge in [0.2, 0.25) is 0 Å². The first kappa shape index (κ1) is 105. The van der Waals surface area contributed by atoms with Crippen LogP contribution in [0.2, 0.25) is 0 Å². The molecule has 19 heteroatoms. The maximum absolute atomic E-state index is 13.2. The molecule has 0 saturated heterocycles. The monoisotopic (exact) mass is 1580 g/mol. The fraction of sp³-hybridized carbons (Fsp3) is 0.670. The highest BCUT2D eigenvalue weighted by atomic mass is 31.2. The molecular weight excluding hydrogens is 1430 g/mol. The van der Waals surface area contributed by atoms with Crippen molar-refractivity contribution in [3.63, 3.8) is 0 Å². The van der Waals surface area contributed by atoms with Crippen LogP contribution < -0.4 is 0 Å². The first-order chi connectivity index (χ1) is 53.7. The molecule has 3 N–H and O–H groups in total. The zero-order chi connectivity index (χ0) is 80.3. The van der Waals surface area contributed by atoms with Crippen LogP contribution in [-0.2, 0) is 65.4 Å². The Morgan fingerprint density at radius 2 is 0.473 bits per heavy atom. The van der Waals surface area contributed by atoms with E-state index in [-0.39, 0.29) is 25.7 Å². The summed E-state index contributed by atoms with van der Waals surface area (Å²) in [6, 6.07) is 0. The van der Waals surface area contributed by atoms with Crippen molar-refractivity contribution < 1.29 is 80.2 Å². The number of hydrogen-bond donors (Lipinski definition) is 3. The summed E-state index contributed by atoms with van der Waals surface area (Å²) in [5.41, 5.74) is 0. The van der Waals surface area contributed by atoms with Crippen LogP contribution >= 0.6 is 15.6 Å². The smallest absolute Gasteiger partial charge is 0.462 e. The van der Waals surface area contributed by atoms with Crippen LogP contribution in [0.3, 0.4) is 0 Å². The molecule has 0 aliphatic rings. The molecule has 0 amide bonds. The van der Waals surface area contributed by atoms with E-state index in [0.29, 0.717) is 32.1 Å². The number of unbranched alkanes of at least 4 members (excludes halogenated alkanes) is 27. The van der Waals surface area contributed by atoms with E-state index >= 15 is 0 Å². The molecule has 0 bridgehead atoms. The summed E-state index contributed by atoms with van der Waals surface area (Å²) in [6.07, 6.45) is 96.3. The number of carbonyl (C=O) groups is 4. The summed E-state index contributed by atoms with van der Waals surface area (Å²) in [7, 11) is -10.0. The number of carbonyl (C=O) groups excluding carboxylic acids is 4. The van der Waals surface area contributed by atoms with Crippen molar-refractivity contribution >= 4 is 39.5 Å². The Kier molecular flexibility index (Phi) is 77.7. The van der Waals surface area contributed by atoms with Crippen molar-refractivity contribution in [1.82, 2.24) is 0 Å². The Labute approximate surface area is 668 Å². The van der Waals surface area contributed by atoms with Gasteiger partial charge >= 0.3 is 39.5 Å². The predicted octanol–water partition coefficient (Wildman–Crippen LogP) is 25.6. The van der Waals surface area contributed by atoms with E-state index in [2.05, 4.69) is 186 Å². The van der Waals surface area contributed by atoms with Crippen LogP contribution in [0.25, 0.3) is 0 Å². The Morgan fingerprint density at radius 3 is 0.745 bits per heavy atom. The minimum absolute atomic E-state index is 0.0355. The summed E-state index contributed by atoms with van der Waals surface area (Å²) in [5, 5.41) is 10.7. The Hall–Kier alpha value is -5.32. The lowest BCUT2D eigenvalue weighted by atomic mass is 10.1. The van der Waals surface area contributed by atoms with Crippen LogP contribution in [0.15, 0.2) is 158 Å². The average Bonchev–Trinajstić information content (AvgIpc) is 0.907. The van der Waals surface area contributed by atoms with E-state index in [4.69, 9.17) is 37.0 Å². The van der Waals surface area contributed by atoms with Crippen LogP contribution in [0.1, 0.15) is 336 Å². The molecule has 0 saturated carbocycles. The number of aliphatic hydroxyl groups is 1. The molecule has 0 aliphatic heterocycles. The third-order valence-electron chi connectivity index (χ3n) is 17.5. The second-order valence-corrected chi connectivity index (χ2v) is 30.9. The topological polar surface area (TPSA) is 237 Å². The normalized spacial score (nSPS) is 14.6. The number of phosphoric acid groups is 2. The van der Waals surface area contributed by atoms with Crippen molar-refractivity contribution in [1.29, 1.82) is 0 Å². The van der Waals surface area contributed by atoms with E-state index in [9.17, 15) is 43.2 Å². The molecule has 5 unspecified atom stereocenters. The molecule has 5 atom stereocenters. The van der Waals surface area contributed by atoms with Gasteiger partial charge in [0.25, 0.3) is 0 Å². The van der Waals surface area contributed by atoms with Crippen molar-refractivity contribution in [3.05, 3.63) is 158 Å². The lowest BCUT2D eigenvalue weighted by Crippen LogP contribution is -2.30. The Bertz CT molecular complexity index is 2700. The second-order valence-electron chi connectivity index (χ2n) is 28.0. The van der Waals surface area contributed by atoms with Gasteiger partial charge in [0, 0.05) is 25.7 Å². The highest BCUT2D eigenvalue weighted by molar-refractivity contribution is 7.47. The van der Waals surface area contributed by atoms with Gasteiger partial charge in [-0.1, -0.05) is 295 Å². The van der Waals surface area contributed by atoms with Crippen molar-refractivity contribution in [2.24, 2.45) is 0 Å². The number of phosphoric ester groups is 2. The van der Waals surface area contributed by atoms with Gasteiger partial charge in [0.05, 0.1) is 26.4 Å². The van der Waals surface area contributed by atoms with E-state index in [1.807, 2.05) is 0 Å². The van der Waals surface area contributed by atoms with E-state index in [1.54, 1.807) is 0 Å². The molecule has 0 rings (SSSR count). The van der Waals surface area contributed by atoms with Crippen LogP contribution in [0.5, 0.6) is 0 Å². The number of aliphatic hydroxyl groups excluding tert-OH is 1. The van der Waals surface area contributed by atoms with E-state index < -0.39 is 97.5 Å². The lowest BCUT2D eigenvalue weighted by molar-refractivity contribution is -0.161. The van der Waals surface area contributed by atoms with Crippen LogP contribution in [0, 0.1) is 0 Å². The zero-order valence-corrected chi connectivity index (χ0v) is 70.7. The first-order valence-corrected chi connectivity index (χ1v) is 45.7. The summed E-state index contributed by atoms with van der Waals surface area (Å²) < 4.78 is 68.8. The van der Waals surface area contributed by atoms with Crippen LogP contribution in [-0.4, -0.2) is 96.7 Å². The Morgan fingerprint density at radius 1 is 0.264 bits per heavy atom. The zero-order valence-electron chi connectivity index (χ0n) is 68.9. The molecule has 110 heavy (non-hydrogen) atoms. The average molecular weight is 1580 g/mol. The predicted molar refractivity (Wildman–Crippen MR) is 454 cm³/mol. The summed E-state index contributed by atoms with van der Waals surface area (Å²) in [6.45, 7) is 4.53. The summed E-state index contributed by atoms with van der Waals surface area (Å²) in [4.78, 5) is 73.3. The largest absolute Gasteiger partial charge is 0.472 e. The summed E-state index contributed by atoms with van der Waals surface area (Å²) in [5.74, 6) is -2.26. The molecule has 0 spiro atoms. The van der Waals surface area contributed by atoms with Gasteiger partial charge in [-0.15, -0.1) is 0 Å². The maximum Gasteiger partial charge on any atom is 0.472 e. The molecular formula is C91H152O17P2. The number of esters is 4. The molecule has 0 aromatic heterocycles. The van der Waals surface area contributed by atoms with Gasteiger partial charge in [-0.05, 0) is 173 Å².